The molecule has 3 aromatic rings. The van der Waals surface area contributed by atoms with Crippen LogP contribution in [0.15, 0.2) is 36.5 Å². The van der Waals surface area contributed by atoms with Crippen molar-refractivity contribution in [3.63, 3.8) is 0 Å². The van der Waals surface area contributed by atoms with Gasteiger partial charge >= 0.3 is 5.97 Å². The highest BCUT2D eigenvalue weighted by molar-refractivity contribution is 6.02. The molecule has 3 rings (SSSR count). The second kappa shape index (κ2) is 7.51. The van der Waals surface area contributed by atoms with Gasteiger partial charge in [0.15, 0.2) is 17.2 Å². The summed E-state index contributed by atoms with van der Waals surface area (Å²) in [5.41, 5.74) is 1.76. The van der Waals surface area contributed by atoms with E-state index in [0.717, 1.165) is 0 Å². The number of para-hydroxylation sites is 1. The van der Waals surface area contributed by atoms with Crippen molar-refractivity contribution in [2.24, 2.45) is 0 Å². The molecule has 0 N–H and O–H groups in total. The van der Waals surface area contributed by atoms with Crippen LogP contribution in [0.25, 0.3) is 11.0 Å². The van der Waals surface area contributed by atoms with Gasteiger partial charge in [-0.1, -0.05) is 12.1 Å². The summed E-state index contributed by atoms with van der Waals surface area (Å²) in [7, 11) is 0. The van der Waals surface area contributed by atoms with Gasteiger partial charge in [-0.15, -0.1) is 0 Å². The summed E-state index contributed by atoms with van der Waals surface area (Å²) >= 11 is 0. The number of rotatable bonds is 6. The normalized spacial score (nSPS) is 11.1. The Morgan fingerprint density at radius 3 is 2.77 bits per heavy atom. The zero-order chi connectivity index (χ0) is 18.7. The largest absolute Gasteiger partial charge is 0.487 e. The van der Waals surface area contributed by atoms with E-state index >= 15 is 0 Å². The molecule has 0 radical (unpaired) electrons. The lowest BCUT2D eigenvalue weighted by Crippen LogP contribution is -2.13. The second-order valence-corrected chi connectivity index (χ2v) is 6.15. The second-order valence-electron chi connectivity index (χ2n) is 6.15. The van der Waals surface area contributed by atoms with Crippen LogP contribution in [0.1, 0.15) is 35.9 Å². The van der Waals surface area contributed by atoms with Crippen LogP contribution < -0.4 is 4.74 Å². The fourth-order valence-corrected chi connectivity index (χ4v) is 2.62. The molecule has 0 saturated carbocycles. The molecule has 0 unspecified atom stereocenters. The average Bonchev–Trinajstić information content (AvgIpc) is 3.03. The summed E-state index contributed by atoms with van der Waals surface area (Å²) in [4.78, 5) is 16.9. The molecule has 0 bridgehead atoms. The van der Waals surface area contributed by atoms with E-state index in [1.54, 1.807) is 29.1 Å². The average molecular weight is 357 g/mol. The van der Waals surface area contributed by atoms with Gasteiger partial charge in [0.25, 0.3) is 0 Å². The molecular formula is C19H20FN3O3. The van der Waals surface area contributed by atoms with E-state index in [2.05, 4.69) is 10.1 Å². The predicted molar refractivity (Wildman–Crippen MR) is 94.8 cm³/mol. The van der Waals surface area contributed by atoms with Gasteiger partial charge in [-0.3, -0.25) is 0 Å². The number of fused-ring (bicyclic) bond motifs is 1. The third-order valence-electron chi connectivity index (χ3n) is 3.81. The number of carbonyl (C=O) groups is 1. The van der Waals surface area contributed by atoms with Crippen molar-refractivity contribution in [1.82, 2.24) is 14.8 Å². The van der Waals surface area contributed by atoms with Gasteiger partial charge in [0, 0.05) is 11.7 Å². The van der Waals surface area contributed by atoms with Crippen LogP contribution >= 0.6 is 0 Å². The zero-order valence-corrected chi connectivity index (χ0v) is 14.9. The van der Waals surface area contributed by atoms with E-state index in [1.807, 2.05) is 20.8 Å². The highest BCUT2D eigenvalue weighted by atomic mass is 19.1. The Kier molecular flexibility index (Phi) is 5.16. The third kappa shape index (κ3) is 3.66. The number of carbonyl (C=O) groups excluding carboxylic acids is 1. The first-order chi connectivity index (χ1) is 12.5. The maximum Gasteiger partial charge on any atom is 0.339 e. The predicted octanol–water partition coefficient (Wildman–Crippen LogP) is 3.70. The number of aryl methyl sites for hydroxylation is 1. The Morgan fingerprint density at radius 1 is 1.27 bits per heavy atom. The maximum absolute atomic E-state index is 13.5. The Labute approximate surface area is 150 Å². The Hall–Kier alpha value is -2.96. The number of nitrogens with zero attached hydrogens (tertiary/aromatic N) is 3. The van der Waals surface area contributed by atoms with E-state index in [9.17, 15) is 9.18 Å². The topological polar surface area (TPSA) is 66.2 Å². The minimum Gasteiger partial charge on any atom is -0.487 e. The number of ether oxygens (including phenoxy) is 2. The number of esters is 1. The summed E-state index contributed by atoms with van der Waals surface area (Å²) in [6, 6.07) is 7.88. The quantitative estimate of drug-likeness (QED) is 0.497. The lowest BCUT2D eigenvalue weighted by Gasteiger charge is -2.10. The van der Waals surface area contributed by atoms with Crippen molar-refractivity contribution in [2.75, 3.05) is 13.2 Å². The summed E-state index contributed by atoms with van der Waals surface area (Å²) in [5.74, 6) is -0.809. The lowest BCUT2D eigenvalue weighted by molar-refractivity contribution is 0.0450. The standard InChI is InChI=1S/C19H20FN3O3/c1-12(2)23-18-15(11-21-23)14(10-13(3)22-18)19(24)26-9-8-25-17-7-5-4-6-16(17)20/h4-7,10-12H,8-9H2,1-3H3. The minimum atomic E-state index is -0.485. The SMILES string of the molecule is Cc1cc(C(=O)OCCOc2ccccc2F)c2cnn(C(C)C)c2n1. The molecule has 1 aromatic carbocycles. The molecule has 136 valence electrons. The number of benzene rings is 1. The molecule has 0 saturated heterocycles. The molecule has 2 heterocycles. The van der Waals surface area contributed by atoms with E-state index < -0.39 is 11.8 Å². The molecule has 0 amide bonds. The molecular weight excluding hydrogens is 337 g/mol. The van der Waals surface area contributed by atoms with Crippen molar-refractivity contribution in [3.05, 3.63) is 53.6 Å². The molecule has 7 heteroatoms. The Bertz CT molecular complexity index is 937. The highest BCUT2D eigenvalue weighted by Crippen LogP contribution is 2.22. The zero-order valence-electron chi connectivity index (χ0n) is 14.9. The first-order valence-electron chi connectivity index (χ1n) is 8.36. The fourth-order valence-electron chi connectivity index (χ4n) is 2.62. The first kappa shape index (κ1) is 17.8. The lowest BCUT2D eigenvalue weighted by atomic mass is 10.1. The van der Waals surface area contributed by atoms with E-state index in [4.69, 9.17) is 9.47 Å². The van der Waals surface area contributed by atoms with Crippen molar-refractivity contribution in [1.29, 1.82) is 0 Å². The molecule has 0 spiro atoms. The Balaban J connectivity index is 1.69. The van der Waals surface area contributed by atoms with Crippen molar-refractivity contribution >= 4 is 17.0 Å². The Morgan fingerprint density at radius 2 is 2.04 bits per heavy atom. The molecule has 26 heavy (non-hydrogen) atoms. The number of halogens is 1. The van der Waals surface area contributed by atoms with Crippen LogP contribution in [0.4, 0.5) is 4.39 Å². The third-order valence-corrected chi connectivity index (χ3v) is 3.81. The summed E-state index contributed by atoms with van der Waals surface area (Å²) in [6.45, 7) is 5.87. The van der Waals surface area contributed by atoms with E-state index in [1.165, 1.54) is 12.1 Å². The van der Waals surface area contributed by atoms with Gasteiger partial charge in [0.1, 0.15) is 13.2 Å². The molecule has 2 aromatic heterocycles. The smallest absolute Gasteiger partial charge is 0.339 e. The van der Waals surface area contributed by atoms with Gasteiger partial charge in [0.2, 0.25) is 0 Å². The van der Waals surface area contributed by atoms with Crippen molar-refractivity contribution in [3.8, 4) is 5.75 Å². The fraction of sp³-hybridized carbons (Fsp3) is 0.316. The molecule has 0 aliphatic carbocycles. The van der Waals surface area contributed by atoms with Crippen LogP contribution in [0.3, 0.4) is 0 Å². The van der Waals surface area contributed by atoms with Crippen LogP contribution in [-0.4, -0.2) is 33.9 Å². The number of pyridine rings is 1. The van der Waals surface area contributed by atoms with Gasteiger partial charge in [-0.2, -0.15) is 5.10 Å². The van der Waals surface area contributed by atoms with Crippen LogP contribution in [0.5, 0.6) is 5.75 Å². The van der Waals surface area contributed by atoms with Gasteiger partial charge < -0.3 is 9.47 Å². The molecule has 0 fully saturated rings. The number of hydrogen-bond donors (Lipinski definition) is 0. The minimum absolute atomic E-state index is 0.00828. The summed E-state index contributed by atoms with van der Waals surface area (Å²) < 4.78 is 25.8. The van der Waals surface area contributed by atoms with E-state index in [0.29, 0.717) is 22.3 Å². The van der Waals surface area contributed by atoms with Crippen LogP contribution in [0, 0.1) is 12.7 Å². The summed E-state index contributed by atoms with van der Waals surface area (Å²) in [5, 5.41) is 4.95. The van der Waals surface area contributed by atoms with Gasteiger partial charge in [-0.05, 0) is 39.0 Å². The van der Waals surface area contributed by atoms with Gasteiger partial charge in [0.05, 0.1) is 17.1 Å². The molecule has 6 nitrogen and oxygen atoms in total. The van der Waals surface area contributed by atoms with Gasteiger partial charge in [-0.25, -0.2) is 18.9 Å². The van der Waals surface area contributed by atoms with Crippen molar-refractivity contribution < 1.29 is 18.7 Å². The first-order valence-corrected chi connectivity index (χ1v) is 8.36. The molecule has 0 aliphatic rings. The molecule has 0 atom stereocenters. The number of hydrogen-bond acceptors (Lipinski definition) is 5. The van der Waals surface area contributed by atoms with E-state index in [-0.39, 0.29) is 25.0 Å². The van der Waals surface area contributed by atoms with Crippen molar-refractivity contribution in [2.45, 2.75) is 26.8 Å². The monoisotopic (exact) mass is 357 g/mol. The molecule has 0 aliphatic heterocycles. The van der Waals surface area contributed by atoms with Crippen LogP contribution in [0.2, 0.25) is 0 Å². The highest BCUT2D eigenvalue weighted by Gasteiger charge is 2.18. The van der Waals surface area contributed by atoms with Crippen LogP contribution in [-0.2, 0) is 4.74 Å². The number of aromatic nitrogens is 3. The maximum atomic E-state index is 13.5. The summed E-state index contributed by atoms with van der Waals surface area (Å²) in [6.07, 6.45) is 1.62.